The molecular weight excluding hydrogens is 379 g/mol. The summed E-state index contributed by atoms with van der Waals surface area (Å²) in [5.74, 6) is -2.05. The Hall–Kier alpha value is -2.35. The molecule has 1 aromatic carbocycles. The second-order valence-corrected chi connectivity index (χ2v) is 7.22. The van der Waals surface area contributed by atoms with Gasteiger partial charge in [-0.05, 0) is 31.0 Å². The van der Waals surface area contributed by atoms with Crippen molar-refractivity contribution >= 4 is 29.4 Å². The number of carbonyl (C=O) groups is 3. The van der Waals surface area contributed by atoms with Crippen molar-refractivity contribution in [3.05, 3.63) is 28.8 Å². The fourth-order valence-corrected chi connectivity index (χ4v) is 3.79. The zero-order valence-electron chi connectivity index (χ0n) is 14.8. The molecule has 0 saturated carbocycles. The Morgan fingerprint density at radius 2 is 2.07 bits per heavy atom. The summed E-state index contributed by atoms with van der Waals surface area (Å²) in [4.78, 5) is 39.5. The van der Waals surface area contributed by atoms with Crippen LogP contribution in [0, 0.1) is 0 Å². The van der Waals surface area contributed by atoms with Gasteiger partial charge in [-0.15, -0.1) is 0 Å². The summed E-state index contributed by atoms with van der Waals surface area (Å²) >= 11 is 5.99. The van der Waals surface area contributed by atoms with Gasteiger partial charge in [0.05, 0.1) is 19.2 Å². The summed E-state index contributed by atoms with van der Waals surface area (Å²) in [7, 11) is 1.43. The quantitative estimate of drug-likeness (QED) is 0.838. The highest BCUT2D eigenvalue weighted by molar-refractivity contribution is 6.31. The minimum absolute atomic E-state index is 0.0145. The monoisotopic (exact) mass is 398 g/mol. The van der Waals surface area contributed by atoms with Crippen LogP contribution in [0.15, 0.2) is 18.2 Å². The zero-order chi connectivity index (χ0) is 19.8. The van der Waals surface area contributed by atoms with E-state index in [0.29, 0.717) is 30.2 Å². The van der Waals surface area contributed by atoms with E-state index >= 15 is 0 Å². The first-order valence-electron chi connectivity index (χ1n) is 8.62. The van der Waals surface area contributed by atoms with Gasteiger partial charge in [-0.2, -0.15) is 0 Å². The molecule has 3 rings (SSSR count). The Bertz CT molecular complexity index is 789. The van der Waals surface area contributed by atoms with Crippen molar-refractivity contribution in [3.63, 3.8) is 0 Å². The van der Waals surface area contributed by atoms with Crippen molar-refractivity contribution in [2.75, 3.05) is 26.7 Å². The van der Waals surface area contributed by atoms with E-state index in [4.69, 9.17) is 21.4 Å². The molecule has 0 radical (unpaired) electrons. The van der Waals surface area contributed by atoms with Crippen LogP contribution in [0.5, 0.6) is 5.75 Å². The topological polar surface area (TPSA) is 87.2 Å². The fourth-order valence-electron chi connectivity index (χ4n) is 3.61. The molecule has 2 aliphatic rings. The number of methoxy groups -OCH3 is 1. The second-order valence-electron chi connectivity index (χ2n) is 6.78. The van der Waals surface area contributed by atoms with E-state index in [2.05, 4.69) is 0 Å². The van der Waals surface area contributed by atoms with Crippen LogP contribution in [0.3, 0.4) is 0 Å². The van der Waals surface area contributed by atoms with Crippen LogP contribution in [-0.4, -0.2) is 71.1 Å². The Morgan fingerprint density at radius 3 is 2.70 bits per heavy atom. The van der Waals surface area contributed by atoms with Gasteiger partial charge in [-0.25, -0.2) is 9.18 Å². The largest absolute Gasteiger partial charge is 0.496 e. The molecule has 2 fully saturated rings. The van der Waals surface area contributed by atoms with Gasteiger partial charge >= 0.3 is 5.97 Å². The lowest BCUT2D eigenvalue weighted by atomic mass is 10.1. The average molecular weight is 399 g/mol. The minimum atomic E-state index is -2.43. The number of aliphatic carboxylic acids is 1. The van der Waals surface area contributed by atoms with E-state index in [-0.39, 0.29) is 18.5 Å². The molecule has 2 amide bonds. The Morgan fingerprint density at radius 1 is 1.33 bits per heavy atom. The van der Waals surface area contributed by atoms with Gasteiger partial charge in [0.25, 0.3) is 5.91 Å². The Labute approximate surface area is 160 Å². The SMILES string of the molecule is COc1ccc(Cl)cc1C(=O)N1CCCC1C(=O)N1CCC(F)(C(=O)O)C1. The van der Waals surface area contributed by atoms with Crippen LogP contribution in [0.2, 0.25) is 5.02 Å². The average Bonchev–Trinajstić information content (AvgIpc) is 3.28. The highest BCUT2D eigenvalue weighted by Gasteiger charge is 2.49. The van der Waals surface area contributed by atoms with Crippen LogP contribution >= 0.6 is 11.6 Å². The molecular formula is C18H20ClFN2O5. The van der Waals surface area contributed by atoms with Crippen LogP contribution in [0.25, 0.3) is 0 Å². The summed E-state index contributed by atoms with van der Waals surface area (Å²) in [5.41, 5.74) is -2.18. The maximum Gasteiger partial charge on any atom is 0.343 e. The number of rotatable bonds is 4. The number of likely N-dealkylation sites (tertiary alicyclic amines) is 2. The lowest BCUT2D eigenvalue weighted by Gasteiger charge is -2.28. The van der Waals surface area contributed by atoms with Crippen molar-refractivity contribution in [2.45, 2.75) is 31.0 Å². The number of amides is 2. The van der Waals surface area contributed by atoms with Gasteiger partial charge in [0.1, 0.15) is 11.8 Å². The molecule has 0 aliphatic carbocycles. The van der Waals surface area contributed by atoms with Gasteiger partial charge < -0.3 is 19.6 Å². The van der Waals surface area contributed by atoms with E-state index in [1.54, 1.807) is 12.1 Å². The van der Waals surface area contributed by atoms with E-state index in [9.17, 15) is 18.8 Å². The van der Waals surface area contributed by atoms with Crippen molar-refractivity contribution < 1.29 is 28.6 Å². The number of halogens is 2. The molecule has 2 atom stereocenters. The summed E-state index contributed by atoms with van der Waals surface area (Å²) in [6.45, 7) is -0.112. The van der Waals surface area contributed by atoms with Gasteiger partial charge in [0.2, 0.25) is 11.6 Å². The molecule has 0 aromatic heterocycles. The van der Waals surface area contributed by atoms with Gasteiger partial charge in [-0.1, -0.05) is 11.6 Å². The van der Waals surface area contributed by atoms with Gasteiger partial charge in [0.15, 0.2) is 0 Å². The molecule has 2 aliphatic heterocycles. The van der Waals surface area contributed by atoms with E-state index in [1.807, 2.05) is 0 Å². The standard InChI is InChI=1S/C18H20ClFN2O5/c1-27-14-5-4-11(19)9-12(14)15(23)22-7-2-3-13(22)16(24)21-8-6-18(20,10-21)17(25)26/h4-5,9,13H,2-3,6-8,10H2,1H3,(H,25,26). The van der Waals surface area contributed by atoms with Crippen molar-refractivity contribution in [2.24, 2.45) is 0 Å². The lowest BCUT2D eigenvalue weighted by Crippen LogP contribution is -2.48. The number of carboxylic acids is 1. The minimum Gasteiger partial charge on any atom is -0.496 e. The third kappa shape index (κ3) is 3.58. The molecule has 0 spiro atoms. The maximum atomic E-state index is 14.3. The van der Waals surface area contributed by atoms with E-state index < -0.39 is 36.0 Å². The molecule has 1 N–H and O–H groups in total. The number of ether oxygens (including phenoxy) is 1. The summed E-state index contributed by atoms with van der Waals surface area (Å²) in [6, 6.07) is 3.90. The second kappa shape index (κ2) is 7.34. The predicted octanol–water partition coefficient (Wildman–Crippen LogP) is 1.98. The number of carbonyl (C=O) groups excluding carboxylic acids is 2. The van der Waals surface area contributed by atoms with Crippen molar-refractivity contribution in [1.82, 2.24) is 9.80 Å². The smallest absolute Gasteiger partial charge is 0.343 e. The summed E-state index contributed by atoms with van der Waals surface area (Å²) in [5, 5.41) is 9.37. The number of hydrogen-bond acceptors (Lipinski definition) is 4. The Balaban J connectivity index is 1.80. The van der Waals surface area contributed by atoms with Crippen molar-refractivity contribution in [1.29, 1.82) is 0 Å². The number of alkyl halides is 1. The molecule has 27 heavy (non-hydrogen) atoms. The van der Waals surface area contributed by atoms with E-state index in [0.717, 1.165) is 0 Å². The molecule has 0 bridgehead atoms. The van der Waals surface area contributed by atoms with Crippen LogP contribution in [0.4, 0.5) is 4.39 Å². The third-order valence-electron chi connectivity index (χ3n) is 5.11. The molecule has 2 unspecified atom stereocenters. The first-order valence-corrected chi connectivity index (χ1v) is 9.00. The molecule has 7 nitrogen and oxygen atoms in total. The predicted molar refractivity (Wildman–Crippen MR) is 94.7 cm³/mol. The lowest BCUT2D eigenvalue weighted by molar-refractivity contribution is -0.150. The number of benzene rings is 1. The summed E-state index contributed by atoms with van der Waals surface area (Å²) in [6.07, 6.45) is 0.811. The zero-order valence-corrected chi connectivity index (χ0v) is 15.5. The highest BCUT2D eigenvalue weighted by Crippen LogP contribution is 2.31. The highest BCUT2D eigenvalue weighted by atomic mass is 35.5. The molecule has 2 heterocycles. The normalized spacial score (nSPS) is 24.9. The third-order valence-corrected chi connectivity index (χ3v) is 5.34. The molecule has 2 saturated heterocycles. The number of carboxylic acid groups (broad SMARTS) is 1. The fraction of sp³-hybridized carbons (Fsp3) is 0.500. The first kappa shape index (κ1) is 19.4. The Kier molecular flexibility index (Phi) is 5.28. The van der Waals surface area contributed by atoms with Gasteiger partial charge in [0, 0.05) is 24.5 Å². The van der Waals surface area contributed by atoms with E-state index in [1.165, 1.54) is 23.0 Å². The van der Waals surface area contributed by atoms with Gasteiger partial charge in [-0.3, -0.25) is 9.59 Å². The maximum absolute atomic E-state index is 14.3. The van der Waals surface area contributed by atoms with Crippen LogP contribution < -0.4 is 4.74 Å². The number of nitrogens with zero attached hydrogens (tertiary/aromatic N) is 2. The van der Waals surface area contributed by atoms with Crippen LogP contribution in [0.1, 0.15) is 29.6 Å². The first-order chi connectivity index (χ1) is 12.8. The molecule has 9 heteroatoms. The molecule has 146 valence electrons. The summed E-state index contributed by atoms with van der Waals surface area (Å²) < 4.78 is 19.5. The number of hydrogen-bond donors (Lipinski definition) is 1. The van der Waals surface area contributed by atoms with Crippen molar-refractivity contribution in [3.8, 4) is 5.75 Å². The molecule has 1 aromatic rings. The van der Waals surface area contributed by atoms with Crippen LogP contribution in [-0.2, 0) is 9.59 Å².